The van der Waals surface area contributed by atoms with Crippen molar-refractivity contribution in [1.82, 2.24) is 19.9 Å². The number of ether oxygens (including phenoxy) is 1. The highest BCUT2D eigenvalue weighted by Gasteiger charge is 2.13. The number of pyridine rings is 1. The SMILES string of the molecule is NC(=O)c1csc(NC(=O)c2cc(Oc3cncnc3)ccn2)n1. The van der Waals surface area contributed by atoms with E-state index in [0.29, 0.717) is 11.5 Å². The lowest BCUT2D eigenvalue weighted by Gasteiger charge is -2.06. The van der Waals surface area contributed by atoms with Crippen LogP contribution in [0.15, 0.2) is 42.4 Å². The number of nitrogens with one attached hydrogen (secondary N) is 1. The Hall–Kier alpha value is -3.40. The molecule has 0 saturated carbocycles. The van der Waals surface area contributed by atoms with Crippen LogP contribution in [-0.2, 0) is 0 Å². The van der Waals surface area contributed by atoms with Gasteiger partial charge >= 0.3 is 0 Å². The van der Waals surface area contributed by atoms with Crippen LogP contribution in [0, 0.1) is 0 Å². The molecule has 0 aliphatic heterocycles. The molecule has 0 radical (unpaired) electrons. The Morgan fingerprint density at radius 1 is 1.17 bits per heavy atom. The number of nitrogens with two attached hydrogens (primary N) is 1. The number of nitrogens with zero attached hydrogens (tertiary/aromatic N) is 4. The zero-order chi connectivity index (χ0) is 16.9. The molecule has 0 fully saturated rings. The number of anilines is 1. The number of hydrogen-bond acceptors (Lipinski definition) is 8. The maximum absolute atomic E-state index is 12.2. The third-order valence-corrected chi connectivity index (χ3v) is 3.47. The lowest BCUT2D eigenvalue weighted by molar-refractivity contribution is 0.0991. The average Bonchev–Trinajstić information content (AvgIpc) is 3.05. The van der Waals surface area contributed by atoms with Gasteiger partial charge in [-0.15, -0.1) is 11.3 Å². The van der Waals surface area contributed by atoms with Crippen LogP contribution in [0.3, 0.4) is 0 Å². The molecule has 10 heteroatoms. The van der Waals surface area contributed by atoms with E-state index in [2.05, 4.69) is 25.3 Å². The van der Waals surface area contributed by atoms with Crippen LogP contribution in [-0.4, -0.2) is 31.8 Å². The first-order valence-electron chi connectivity index (χ1n) is 6.57. The zero-order valence-electron chi connectivity index (χ0n) is 12.0. The van der Waals surface area contributed by atoms with Gasteiger partial charge in [0.2, 0.25) is 0 Å². The highest BCUT2D eigenvalue weighted by molar-refractivity contribution is 7.14. The summed E-state index contributed by atoms with van der Waals surface area (Å²) in [4.78, 5) is 38.8. The monoisotopic (exact) mass is 342 g/mol. The van der Waals surface area contributed by atoms with Crippen molar-refractivity contribution in [3.8, 4) is 11.5 Å². The summed E-state index contributed by atoms with van der Waals surface area (Å²) in [5.41, 5.74) is 5.33. The molecule has 9 nitrogen and oxygen atoms in total. The van der Waals surface area contributed by atoms with Gasteiger partial charge in [-0.25, -0.2) is 15.0 Å². The third-order valence-electron chi connectivity index (χ3n) is 2.71. The molecule has 3 aromatic heterocycles. The lowest BCUT2D eigenvalue weighted by atomic mass is 10.3. The van der Waals surface area contributed by atoms with Crippen LogP contribution >= 0.6 is 11.3 Å². The van der Waals surface area contributed by atoms with E-state index >= 15 is 0 Å². The summed E-state index contributed by atoms with van der Waals surface area (Å²) in [6, 6.07) is 3.06. The molecule has 24 heavy (non-hydrogen) atoms. The molecule has 0 aliphatic rings. The van der Waals surface area contributed by atoms with Gasteiger partial charge in [0.15, 0.2) is 10.9 Å². The van der Waals surface area contributed by atoms with Crippen molar-refractivity contribution in [3.05, 3.63) is 53.8 Å². The lowest BCUT2D eigenvalue weighted by Crippen LogP contribution is -2.15. The van der Waals surface area contributed by atoms with E-state index in [0.717, 1.165) is 11.3 Å². The summed E-state index contributed by atoms with van der Waals surface area (Å²) >= 11 is 1.09. The van der Waals surface area contributed by atoms with Crippen LogP contribution in [0.2, 0.25) is 0 Å². The van der Waals surface area contributed by atoms with Crippen LogP contribution in [0.4, 0.5) is 5.13 Å². The Bertz CT molecular complexity index is 883. The van der Waals surface area contributed by atoms with Crippen LogP contribution in [0.25, 0.3) is 0 Å². The summed E-state index contributed by atoms with van der Waals surface area (Å²) in [5, 5.41) is 4.25. The maximum Gasteiger partial charge on any atom is 0.276 e. The molecule has 0 atom stereocenters. The number of amides is 2. The number of carbonyl (C=O) groups excluding carboxylic acids is 2. The van der Waals surface area contributed by atoms with Gasteiger partial charge in [0.1, 0.15) is 23.5 Å². The normalized spacial score (nSPS) is 10.2. The van der Waals surface area contributed by atoms with E-state index in [1.165, 1.54) is 36.4 Å². The fourth-order valence-corrected chi connectivity index (χ4v) is 2.37. The van der Waals surface area contributed by atoms with Gasteiger partial charge in [-0.1, -0.05) is 0 Å². The van der Waals surface area contributed by atoms with Crippen molar-refractivity contribution in [1.29, 1.82) is 0 Å². The van der Waals surface area contributed by atoms with Crippen molar-refractivity contribution in [2.24, 2.45) is 5.73 Å². The molecular weight excluding hydrogens is 332 g/mol. The van der Waals surface area contributed by atoms with Gasteiger partial charge < -0.3 is 10.5 Å². The molecule has 0 unspecified atom stereocenters. The molecule has 0 aromatic carbocycles. The van der Waals surface area contributed by atoms with E-state index in [9.17, 15) is 9.59 Å². The number of thiazole rings is 1. The summed E-state index contributed by atoms with van der Waals surface area (Å²) in [5.74, 6) is -0.316. The van der Waals surface area contributed by atoms with Crippen molar-refractivity contribution in [2.75, 3.05) is 5.32 Å². The minimum Gasteiger partial charge on any atom is -0.454 e. The van der Waals surface area contributed by atoms with Gasteiger partial charge in [0.05, 0.1) is 12.4 Å². The van der Waals surface area contributed by atoms with Crippen LogP contribution in [0.5, 0.6) is 11.5 Å². The third kappa shape index (κ3) is 3.67. The second kappa shape index (κ2) is 6.79. The Balaban J connectivity index is 1.73. The van der Waals surface area contributed by atoms with E-state index in [1.54, 1.807) is 6.07 Å². The van der Waals surface area contributed by atoms with Crippen molar-refractivity contribution < 1.29 is 14.3 Å². The summed E-state index contributed by atoms with van der Waals surface area (Å²) in [6.45, 7) is 0. The molecule has 0 aliphatic carbocycles. The number of carbonyl (C=O) groups is 2. The van der Waals surface area contributed by atoms with E-state index in [1.807, 2.05) is 0 Å². The molecular formula is C14H10N6O3S. The second-order valence-corrected chi connectivity index (χ2v) is 5.27. The van der Waals surface area contributed by atoms with Gasteiger partial charge in [0, 0.05) is 17.6 Å². The Kier molecular flexibility index (Phi) is 4.38. The first-order chi connectivity index (χ1) is 11.6. The number of aromatic nitrogens is 4. The summed E-state index contributed by atoms with van der Waals surface area (Å²) < 4.78 is 5.54. The Morgan fingerprint density at radius 2 is 1.96 bits per heavy atom. The number of primary amides is 1. The predicted octanol–water partition coefficient (Wildman–Crippen LogP) is 1.47. The van der Waals surface area contributed by atoms with Crippen molar-refractivity contribution in [3.63, 3.8) is 0 Å². The smallest absolute Gasteiger partial charge is 0.276 e. The minimum atomic E-state index is -0.662. The molecule has 3 heterocycles. The molecule has 0 spiro atoms. The molecule has 2 amide bonds. The molecule has 3 rings (SSSR count). The predicted molar refractivity (Wildman–Crippen MR) is 84.9 cm³/mol. The highest BCUT2D eigenvalue weighted by atomic mass is 32.1. The molecule has 0 saturated heterocycles. The molecule has 3 aromatic rings. The van der Waals surface area contributed by atoms with Gasteiger partial charge in [-0.05, 0) is 6.07 Å². The van der Waals surface area contributed by atoms with E-state index in [4.69, 9.17) is 10.5 Å². The topological polar surface area (TPSA) is 133 Å². The molecule has 120 valence electrons. The van der Waals surface area contributed by atoms with Gasteiger partial charge in [0.25, 0.3) is 11.8 Å². The second-order valence-electron chi connectivity index (χ2n) is 4.41. The largest absolute Gasteiger partial charge is 0.454 e. The summed E-state index contributed by atoms with van der Waals surface area (Å²) in [7, 11) is 0. The first kappa shape index (κ1) is 15.5. The summed E-state index contributed by atoms with van der Waals surface area (Å²) in [6.07, 6.45) is 5.81. The zero-order valence-corrected chi connectivity index (χ0v) is 12.9. The fourth-order valence-electron chi connectivity index (χ4n) is 1.68. The fraction of sp³-hybridized carbons (Fsp3) is 0. The molecule has 3 N–H and O–H groups in total. The first-order valence-corrected chi connectivity index (χ1v) is 7.45. The van der Waals surface area contributed by atoms with E-state index in [-0.39, 0.29) is 16.5 Å². The Morgan fingerprint density at radius 3 is 2.67 bits per heavy atom. The van der Waals surface area contributed by atoms with Gasteiger partial charge in [-0.2, -0.15) is 0 Å². The minimum absolute atomic E-state index is 0.0874. The average molecular weight is 342 g/mol. The van der Waals surface area contributed by atoms with Crippen molar-refractivity contribution >= 4 is 28.3 Å². The van der Waals surface area contributed by atoms with Crippen LogP contribution < -0.4 is 15.8 Å². The quantitative estimate of drug-likeness (QED) is 0.717. The highest BCUT2D eigenvalue weighted by Crippen LogP contribution is 2.21. The number of hydrogen-bond donors (Lipinski definition) is 2. The van der Waals surface area contributed by atoms with Gasteiger partial charge in [-0.3, -0.25) is 19.9 Å². The standard InChI is InChI=1S/C14H10N6O3S/c15-12(21)11-6-24-14(19-11)20-13(22)10-3-8(1-2-18-10)23-9-4-16-7-17-5-9/h1-7H,(H2,15,21)(H,19,20,22). The molecule has 0 bridgehead atoms. The Labute approximate surface area is 139 Å². The van der Waals surface area contributed by atoms with E-state index < -0.39 is 11.8 Å². The maximum atomic E-state index is 12.2. The van der Waals surface area contributed by atoms with Crippen LogP contribution in [0.1, 0.15) is 21.0 Å². The number of rotatable bonds is 5. The van der Waals surface area contributed by atoms with Crippen molar-refractivity contribution in [2.45, 2.75) is 0 Å².